The van der Waals surface area contributed by atoms with Crippen LogP contribution in [0.5, 0.6) is 5.75 Å². The topological polar surface area (TPSA) is 106 Å². The van der Waals surface area contributed by atoms with E-state index < -0.39 is 6.04 Å². The third-order valence-corrected chi connectivity index (χ3v) is 6.81. The largest absolute Gasteiger partial charge is 0.497 e. The van der Waals surface area contributed by atoms with Crippen LogP contribution in [0.4, 0.5) is 5.95 Å². The fourth-order valence-corrected chi connectivity index (χ4v) is 4.58. The number of methoxy groups -OCH3 is 1. The summed E-state index contributed by atoms with van der Waals surface area (Å²) in [7, 11) is 1.63. The van der Waals surface area contributed by atoms with E-state index in [0.717, 1.165) is 59.5 Å². The molecule has 2 aromatic carbocycles. The Morgan fingerprint density at radius 2 is 1.94 bits per heavy atom. The normalized spacial score (nSPS) is 15.2. The van der Waals surface area contributed by atoms with Crippen molar-refractivity contribution in [2.45, 2.75) is 13.0 Å². The third-order valence-electron chi connectivity index (χ3n) is 6.17. The summed E-state index contributed by atoms with van der Waals surface area (Å²) < 4.78 is 13.1. The van der Waals surface area contributed by atoms with Gasteiger partial charge in [0.2, 0.25) is 11.9 Å². The van der Waals surface area contributed by atoms with Gasteiger partial charge in [0.15, 0.2) is 11.5 Å². The molecule has 2 aromatic heterocycles. The van der Waals surface area contributed by atoms with Crippen LogP contribution in [0.2, 0.25) is 0 Å². The van der Waals surface area contributed by atoms with Crippen LogP contribution in [-0.4, -0.2) is 82.9 Å². The van der Waals surface area contributed by atoms with Gasteiger partial charge in [-0.05, 0) is 59.3 Å². The fourth-order valence-electron chi connectivity index (χ4n) is 4.13. The predicted octanol–water partition coefficient (Wildman–Crippen LogP) is 2.96. The van der Waals surface area contributed by atoms with E-state index in [2.05, 4.69) is 31.5 Å². The average molecular weight is 554 g/mol. The zero-order valence-corrected chi connectivity index (χ0v) is 21.8. The van der Waals surface area contributed by atoms with Crippen LogP contribution >= 0.6 is 15.9 Å². The van der Waals surface area contributed by atoms with Crippen LogP contribution in [-0.2, 0) is 9.53 Å². The quantitative estimate of drug-likeness (QED) is 0.343. The number of nitrogens with one attached hydrogen (secondary N) is 2. The van der Waals surface area contributed by atoms with Crippen molar-refractivity contribution in [2.75, 3.05) is 51.8 Å². The van der Waals surface area contributed by atoms with E-state index >= 15 is 0 Å². The fraction of sp³-hybridized carbons (Fsp3) is 0.360. The molecular formula is C25H28BrN7O3. The van der Waals surface area contributed by atoms with Gasteiger partial charge in [-0.25, -0.2) is 9.97 Å². The molecule has 1 saturated heterocycles. The second-order valence-electron chi connectivity index (χ2n) is 8.58. The van der Waals surface area contributed by atoms with Crippen LogP contribution in [0, 0.1) is 0 Å². The molecule has 0 radical (unpaired) electrons. The van der Waals surface area contributed by atoms with Crippen molar-refractivity contribution < 1.29 is 14.3 Å². The lowest BCUT2D eigenvalue weighted by Crippen LogP contribution is -2.44. The summed E-state index contributed by atoms with van der Waals surface area (Å²) in [6, 6.07) is 12.9. The number of ether oxygens (including phenoxy) is 2. The minimum absolute atomic E-state index is 0.110. The molecule has 10 nitrogen and oxygen atoms in total. The van der Waals surface area contributed by atoms with E-state index in [-0.39, 0.29) is 5.91 Å². The molecule has 1 atom stereocenters. The summed E-state index contributed by atoms with van der Waals surface area (Å²) in [6.45, 7) is 6.43. The number of hydrogen-bond acceptors (Lipinski definition) is 8. The molecule has 1 aliphatic heterocycles. The van der Waals surface area contributed by atoms with E-state index in [1.165, 1.54) is 0 Å². The van der Waals surface area contributed by atoms with Crippen molar-refractivity contribution in [3.8, 4) is 17.1 Å². The Bertz CT molecular complexity index is 1370. The molecule has 2 N–H and O–H groups in total. The summed E-state index contributed by atoms with van der Waals surface area (Å²) in [4.78, 5) is 24.7. The zero-order chi connectivity index (χ0) is 25.1. The maximum Gasteiger partial charge on any atom is 0.242 e. The molecule has 11 heteroatoms. The van der Waals surface area contributed by atoms with Crippen LogP contribution in [0.3, 0.4) is 0 Å². The number of rotatable bonds is 8. The molecule has 4 aromatic rings. The molecule has 0 unspecified atom stereocenters. The van der Waals surface area contributed by atoms with Crippen molar-refractivity contribution in [1.82, 2.24) is 29.8 Å². The van der Waals surface area contributed by atoms with Gasteiger partial charge in [0, 0.05) is 41.6 Å². The highest BCUT2D eigenvalue weighted by molar-refractivity contribution is 9.10. The van der Waals surface area contributed by atoms with Gasteiger partial charge in [-0.2, -0.15) is 4.52 Å². The Morgan fingerprint density at radius 1 is 1.17 bits per heavy atom. The Balaban J connectivity index is 1.41. The van der Waals surface area contributed by atoms with Crippen molar-refractivity contribution in [1.29, 1.82) is 0 Å². The first-order valence-electron chi connectivity index (χ1n) is 11.9. The first-order chi connectivity index (χ1) is 17.5. The van der Waals surface area contributed by atoms with Gasteiger partial charge in [-0.15, -0.1) is 5.10 Å². The lowest BCUT2D eigenvalue weighted by atomic mass is 10.2. The van der Waals surface area contributed by atoms with E-state index in [1.54, 1.807) is 11.6 Å². The molecule has 0 bridgehead atoms. The van der Waals surface area contributed by atoms with E-state index in [0.29, 0.717) is 24.0 Å². The van der Waals surface area contributed by atoms with Gasteiger partial charge in [0.05, 0.1) is 25.8 Å². The van der Waals surface area contributed by atoms with Gasteiger partial charge in [-0.3, -0.25) is 9.69 Å². The van der Waals surface area contributed by atoms with Crippen molar-refractivity contribution in [3.63, 3.8) is 0 Å². The highest BCUT2D eigenvalue weighted by atomic mass is 79.9. The first kappa shape index (κ1) is 24.4. The summed E-state index contributed by atoms with van der Waals surface area (Å²) >= 11 is 3.60. The molecule has 5 rings (SSSR count). The molecule has 0 aliphatic carbocycles. The predicted molar refractivity (Wildman–Crippen MR) is 141 cm³/mol. The number of benzene rings is 2. The minimum atomic E-state index is -0.529. The minimum Gasteiger partial charge on any atom is -0.497 e. The van der Waals surface area contributed by atoms with Gasteiger partial charge in [0.25, 0.3) is 0 Å². The lowest BCUT2D eigenvalue weighted by Gasteiger charge is -2.26. The number of nitrogens with zero attached hydrogens (tertiary/aromatic N) is 5. The zero-order valence-electron chi connectivity index (χ0n) is 20.2. The number of morpholine rings is 1. The Hall–Kier alpha value is -3.28. The van der Waals surface area contributed by atoms with Crippen LogP contribution in [0.1, 0.15) is 6.92 Å². The molecule has 36 heavy (non-hydrogen) atoms. The second kappa shape index (κ2) is 10.8. The molecule has 0 spiro atoms. The maximum atomic E-state index is 12.8. The number of halogens is 1. The SMILES string of the molecule is COc1ccc(-c2nc3c4cccc(Br)c4nc(N[C@H](C)C(=O)NCCN4CCOCC4)n3n2)cc1. The van der Waals surface area contributed by atoms with Crippen LogP contribution in [0.25, 0.3) is 27.9 Å². The Morgan fingerprint density at radius 3 is 2.69 bits per heavy atom. The van der Waals surface area contributed by atoms with E-state index in [4.69, 9.17) is 24.5 Å². The number of fused-ring (bicyclic) bond motifs is 3. The van der Waals surface area contributed by atoms with Crippen molar-refractivity contribution in [3.05, 3.63) is 46.9 Å². The number of para-hydroxylation sites is 1. The molecule has 1 amide bonds. The summed E-state index contributed by atoms with van der Waals surface area (Å²) in [6.07, 6.45) is 0. The molecular weight excluding hydrogens is 526 g/mol. The average Bonchev–Trinajstić information content (AvgIpc) is 3.36. The third kappa shape index (κ3) is 5.13. The van der Waals surface area contributed by atoms with Gasteiger partial charge in [0.1, 0.15) is 11.8 Å². The Kier molecular flexibility index (Phi) is 7.30. The monoisotopic (exact) mass is 553 g/mol. The number of aromatic nitrogens is 4. The summed E-state index contributed by atoms with van der Waals surface area (Å²) in [5, 5.41) is 11.8. The standard InChI is InChI=1S/C25H28BrN7O3/c1-16(24(34)27-10-11-32-12-14-36-15-13-32)28-25-29-21-19(4-3-5-20(21)26)23-30-22(31-33(23)25)17-6-8-18(35-2)9-7-17/h3-9,16H,10-15H2,1-2H3,(H,27,34)(H,28,29)/t16-/m1/s1. The molecule has 1 aliphatic rings. The Labute approximate surface area is 217 Å². The second-order valence-corrected chi connectivity index (χ2v) is 9.44. The van der Waals surface area contributed by atoms with Crippen molar-refractivity contribution >= 4 is 44.3 Å². The number of amides is 1. The van der Waals surface area contributed by atoms with Crippen LogP contribution in [0.15, 0.2) is 46.9 Å². The number of carbonyl (C=O) groups excluding carboxylic acids is 1. The summed E-state index contributed by atoms with van der Waals surface area (Å²) in [5.41, 5.74) is 2.23. The van der Waals surface area contributed by atoms with E-state index in [9.17, 15) is 4.79 Å². The van der Waals surface area contributed by atoms with Crippen molar-refractivity contribution in [2.24, 2.45) is 0 Å². The van der Waals surface area contributed by atoms with E-state index in [1.807, 2.05) is 49.4 Å². The number of carbonyl (C=O) groups is 1. The number of hydrogen-bond donors (Lipinski definition) is 2. The molecule has 0 saturated carbocycles. The maximum absolute atomic E-state index is 12.8. The van der Waals surface area contributed by atoms with Crippen LogP contribution < -0.4 is 15.4 Å². The smallest absolute Gasteiger partial charge is 0.242 e. The highest BCUT2D eigenvalue weighted by Crippen LogP contribution is 2.29. The van der Waals surface area contributed by atoms with Gasteiger partial charge >= 0.3 is 0 Å². The van der Waals surface area contributed by atoms with Gasteiger partial charge < -0.3 is 20.1 Å². The highest BCUT2D eigenvalue weighted by Gasteiger charge is 2.20. The molecule has 3 heterocycles. The first-order valence-corrected chi connectivity index (χ1v) is 12.7. The lowest BCUT2D eigenvalue weighted by molar-refractivity contribution is -0.121. The molecule has 188 valence electrons. The molecule has 1 fully saturated rings. The summed E-state index contributed by atoms with van der Waals surface area (Å²) in [5.74, 6) is 1.64. The van der Waals surface area contributed by atoms with Gasteiger partial charge in [-0.1, -0.05) is 6.07 Å². The number of anilines is 1.